The van der Waals surface area contributed by atoms with E-state index < -0.39 is 32.0 Å². The molecule has 1 aliphatic carbocycles. The first-order valence-electron chi connectivity index (χ1n) is 8.73. The molecule has 3 rings (SSSR count). The van der Waals surface area contributed by atoms with E-state index in [9.17, 15) is 30.8 Å². The van der Waals surface area contributed by atoms with E-state index in [1.165, 1.54) is 4.90 Å². The van der Waals surface area contributed by atoms with Gasteiger partial charge in [0.05, 0.1) is 11.6 Å². The molecule has 0 bridgehead atoms. The van der Waals surface area contributed by atoms with Crippen molar-refractivity contribution in [2.75, 3.05) is 24.5 Å². The van der Waals surface area contributed by atoms with Gasteiger partial charge < -0.3 is 10.2 Å². The van der Waals surface area contributed by atoms with Gasteiger partial charge in [-0.15, -0.1) is 0 Å². The number of hydrogen-bond donors (Lipinski definition) is 1. The lowest BCUT2D eigenvalue weighted by Gasteiger charge is -2.34. The second-order valence-electron chi connectivity index (χ2n) is 7.03. The molecule has 1 amide bonds. The Morgan fingerprint density at radius 2 is 1.93 bits per heavy atom. The van der Waals surface area contributed by atoms with Crippen LogP contribution in [0.2, 0.25) is 0 Å². The van der Waals surface area contributed by atoms with E-state index in [-0.39, 0.29) is 18.1 Å². The number of halogens is 4. The van der Waals surface area contributed by atoms with Crippen molar-refractivity contribution < 1.29 is 30.8 Å². The number of alkyl halides is 3. The zero-order valence-electron chi connectivity index (χ0n) is 14.4. The fraction of sp³-hybridized carbons (Fsp3) is 0.588. The van der Waals surface area contributed by atoms with Crippen molar-refractivity contribution in [2.45, 2.75) is 36.1 Å². The van der Waals surface area contributed by atoms with Gasteiger partial charge in [-0.1, -0.05) is 0 Å². The highest BCUT2D eigenvalue weighted by atomic mass is 32.2. The van der Waals surface area contributed by atoms with Crippen LogP contribution >= 0.6 is 0 Å². The summed E-state index contributed by atoms with van der Waals surface area (Å²) in [4.78, 5) is 12.6. The quantitative estimate of drug-likeness (QED) is 0.761. The number of piperidine rings is 1. The third-order valence-corrected chi connectivity index (χ3v) is 6.43. The highest BCUT2D eigenvalue weighted by molar-refractivity contribution is 7.92. The van der Waals surface area contributed by atoms with Gasteiger partial charge in [0.25, 0.3) is 9.84 Å². The molecule has 1 aromatic rings. The lowest BCUT2D eigenvalue weighted by molar-refractivity contribution is -0.125. The molecule has 150 valence electrons. The number of hydrogen-bond acceptors (Lipinski definition) is 4. The Balaban J connectivity index is 1.84. The highest BCUT2D eigenvalue weighted by Gasteiger charge is 2.48. The van der Waals surface area contributed by atoms with Crippen LogP contribution in [0.1, 0.15) is 25.7 Å². The topological polar surface area (TPSA) is 66.5 Å². The van der Waals surface area contributed by atoms with Crippen molar-refractivity contribution in [1.29, 1.82) is 0 Å². The van der Waals surface area contributed by atoms with Gasteiger partial charge in [0.15, 0.2) is 0 Å². The molecule has 1 aliphatic heterocycles. The summed E-state index contributed by atoms with van der Waals surface area (Å²) >= 11 is 0. The Hall–Kier alpha value is -1.84. The number of anilines is 1. The van der Waals surface area contributed by atoms with Crippen LogP contribution in [0.25, 0.3) is 0 Å². The van der Waals surface area contributed by atoms with E-state index in [2.05, 4.69) is 5.32 Å². The third kappa shape index (κ3) is 4.36. The first-order valence-corrected chi connectivity index (χ1v) is 10.2. The molecule has 2 fully saturated rings. The predicted octanol–water partition coefficient (Wildman–Crippen LogP) is 2.86. The van der Waals surface area contributed by atoms with Crippen molar-refractivity contribution in [1.82, 2.24) is 5.32 Å². The molecule has 10 heteroatoms. The van der Waals surface area contributed by atoms with Gasteiger partial charge in [-0.3, -0.25) is 4.79 Å². The van der Waals surface area contributed by atoms with Crippen LogP contribution in [0.3, 0.4) is 0 Å². The molecule has 1 N–H and O–H groups in total. The van der Waals surface area contributed by atoms with Crippen molar-refractivity contribution in [2.24, 2.45) is 11.8 Å². The number of benzene rings is 1. The van der Waals surface area contributed by atoms with E-state index in [4.69, 9.17) is 0 Å². The van der Waals surface area contributed by atoms with Crippen molar-refractivity contribution >= 4 is 21.4 Å². The first kappa shape index (κ1) is 19.9. The maximum absolute atomic E-state index is 13.5. The number of nitrogens with one attached hydrogen (secondary N) is 1. The smallest absolute Gasteiger partial charge is 0.370 e. The Labute approximate surface area is 154 Å². The van der Waals surface area contributed by atoms with Crippen LogP contribution < -0.4 is 10.2 Å². The minimum Gasteiger partial charge on any atom is -0.370 e. The van der Waals surface area contributed by atoms with Crippen LogP contribution in [0.5, 0.6) is 0 Å². The second kappa shape index (κ2) is 7.29. The number of rotatable bonds is 5. The standard InChI is InChI=1S/C17H20F4N2O3S/c18-13-5-6-14(15(8-13)27(25,26)17(19,20)21)23-7-1-2-12(10-23)16(24)22-9-11-3-4-11/h5-6,8,11-12H,1-4,7,9-10H2,(H,22,24). The summed E-state index contributed by atoms with van der Waals surface area (Å²) in [5, 5.41) is 2.84. The van der Waals surface area contributed by atoms with Gasteiger partial charge in [-0.05, 0) is 49.8 Å². The largest absolute Gasteiger partial charge is 0.501 e. The summed E-state index contributed by atoms with van der Waals surface area (Å²) in [6, 6.07) is 2.33. The Morgan fingerprint density at radius 1 is 1.22 bits per heavy atom. The molecule has 0 spiro atoms. The second-order valence-corrected chi connectivity index (χ2v) is 8.94. The monoisotopic (exact) mass is 408 g/mol. The van der Waals surface area contributed by atoms with Gasteiger partial charge in [-0.25, -0.2) is 12.8 Å². The number of carbonyl (C=O) groups excluding carboxylic acids is 1. The predicted molar refractivity (Wildman–Crippen MR) is 90.3 cm³/mol. The minimum atomic E-state index is -5.71. The van der Waals surface area contributed by atoms with E-state index in [0.29, 0.717) is 37.9 Å². The van der Waals surface area contributed by atoms with E-state index in [1.54, 1.807) is 0 Å². The summed E-state index contributed by atoms with van der Waals surface area (Å²) in [5.41, 5.74) is -5.76. The van der Waals surface area contributed by atoms with E-state index in [0.717, 1.165) is 25.0 Å². The normalized spacial score (nSPS) is 21.2. The summed E-state index contributed by atoms with van der Waals surface area (Å²) in [6.45, 7) is 0.959. The molecule has 1 atom stereocenters. The van der Waals surface area contributed by atoms with Gasteiger partial charge in [0.1, 0.15) is 10.7 Å². The fourth-order valence-electron chi connectivity index (χ4n) is 3.21. The highest BCUT2D eigenvalue weighted by Crippen LogP contribution is 2.37. The minimum absolute atomic E-state index is 0.0858. The van der Waals surface area contributed by atoms with E-state index in [1.807, 2.05) is 0 Å². The summed E-state index contributed by atoms with van der Waals surface area (Å²) in [7, 11) is -5.71. The SMILES string of the molecule is O=C(NCC1CC1)C1CCCN(c2ccc(F)cc2S(=O)(=O)C(F)(F)F)C1. The van der Waals surface area contributed by atoms with Crippen LogP contribution in [0.4, 0.5) is 23.2 Å². The Morgan fingerprint density at radius 3 is 2.56 bits per heavy atom. The molecule has 1 saturated carbocycles. The van der Waals surface area contributed by atoms with Crippen LogP contribution in [-0.2, 0) is 14.6 Å². The maximum Gasteiger partial charge on any atom is 0.501 e. The third-order valence-electron chi connectivity index (χ3n) is 4.91. The molecule has 0 aromatic heterocycles. The molecular weight excluding hydrogens is 388 g/mol. The van der Waals surface area contributed by atoms with Gasteiger partial charge in [0, 0.05) is 19.6 Å². The number of nitrogens with zero attached hydrogens (tertiary/aromatic N) is 1. The lowest BCUT2D eigenvalue weighted by Crippen LogP contribution is -2.44. The molecule has 1 aromatic carbocycles. The molecule has 2 aliphatic rings. The molecule has 1 saturated heterocycles. The number of amides is 1. The summed E-state index contributed by atoms with van der Waals surface area (Å²) in [5.74, 6) is -1.22. The summed E-state index contributed by atoms with van der Waals surface area (Å²) < 4.78 is 76.2. The zero-order chi connectivity index (χ0) is 19.8. The molecule has 27 heavy (non-hydrogen) atoms. The van der Waals surface area contributed by atoms with Gasteiger partial charge >= 0.3 is 5.51 Å². The van der Waals surface area contributed by atoms with Crippen LogP contribution in [-0.4, -0.2) is 39.5 Å². The van der Waals surface area contributed by atoms with Gasteiger partial charge in [0.2, 0.25) is 5.91 Å². The maximum atomic E-state index is 13.5. The van der Waals surface area contributed by atoms with Crippen molar-refractivity contribution in [3.63, 3.8) is 0 Å². The van der Waals surface area contributed by atoms with Crippen LogP contribution in [0, 0.1) is 17.7 Å². The molecule has 1 unspecified atom stereocenters. The average Bonchev–Trinajstić information content (AvgIpc) is 3.43. The van der Waals surface area contributed by atoms with Crippen molar-refractivity contribution in [3.05, 3.63) is 24.0 Å². The number of sulfone groups is 1. The lowest BCUT2D eigenvalue weighted by atomic mass is 9.96. The first-order chi connectivity index (χ1) is 12.6. The molecular formula is C17H20F4N2O3S. The number of carbonyl (C=O) groups is 1. The Kier molecular flexibility index (Phi) is 5.38. The summed E-state index contributed by atoms with van der Waals surface area (Å²) in [6.07, 6.45) is 3.23. The average molecular weight is 408 g/mol. The molecule has 5 nitrogen and oxygen atoms in total. The van der Waals surface area contributed by atoms with Gasteiger partial charge in [-0.2, -0.15) is 13.2 Å². The zero-order valence-corrected chi connectivity index (χ0v) is 15.2. The van der Waals surface area contributed by atoms with Crippen molar-refractivity contribution in [3.8, 4) is 0 Å². The van der Waals surface area contributed by atoms with Crippen LogP contribution in [0.15, 0.2) is 23.1 Å². The Bertz CT molecular complexity index is 822. The fourth-order valence-corrected chi connectivity index (χ4v) is 4.20. The van der Waals surface area contributed by atoms with E-state index >= 15 is 0 Å². The molecule has 0 radical (unpaired) electrons. The molecule has 1 heterocycles.